The molecular formula is C7H9BINO4. The minimum Gasteiger partial charge on any atom is -0.495 e. The van der Waals surface area contributed by atoms with Gasteiger partial charge in [-0.2, -0.15) is 0 Å². The van der Waals surface area contributed by atoms with Crippen molar-refractivity contribution in [2.45, 2.75) is 0 Å². The van der Waals surface area contributed by atoms with E-state index in [0.717, 1.165) is 0 Å². The molecule has 0 radical (unpaired) electrons. The van der Waals surface area contributed by atoms with E-state index < -0.39 is 19.1 Å². The van der Waals surface area contributed by atoms with Gasteiger partial charge in [-0.1, -0.05) is 22.6 Å². The maximum Gasteiger partial charge on any atom is 0.629 e. The van der Waals surface area contributed by atoms with Crippen molar-refractivity contribution in [3.63, 3.8) is 0 Å². The molecule has 0 N–H and O–H groups in total. The Bertz CT molecular complexity index is 250. The molecule has 1 aliphatic rings. The van der Waals surface area contributed by atoms with Crippen LogP contribution in [0.5, 0.6) is 0 Å². The molecule has 0 aromatic rings. The topological polar surface area (TPSA) is 55.8 Å². The van der Waals surface area contributed by atoms with Gasteiger partial charge in [0.15, 0.2) is 0 Å². The van der Waals surface area contributed by atoms with Crippen LogP contribution in [0.3, 0.4) is 0 Å². The molecule has 1 heterocycles. The van der Waals surface area contributed by atoms with Crippen molar-refractivity contribution in [2.24, 2.45) is 0 Å². The molecule has 1 saturated heterocycles. The van der Waals surface area contributed by atoms with Gasteiger partial charge in [-0.15, -0.1) is 0 Å². The maximum atomic E-state index is 11.1. The first-order chi connectivity index (χ1) is 6.61. The van der Waals surface area contributed by atoms with Crippen LogP contribution in [0.1, 0.15) is 0 Å². The lowest BCUT2D eigenvalue weighted by atomic mass is 9.90. The van der Waals surface area contributed by atoms with Gasteiger partial charge in [0.1, 0.15) is 0 Å². The van der Waals surface area contributed by atoms with Gasteiger partial charge in [-0.25, -0.2) is 0 Å². The van der Waals surface area contributed by atoms with E-state index in [1.54, 1.807) is 11.1 Å². The lowest BCUT2D eigenvalue weighted by Crippen LogP contribution is -2.41. The molecule has 1 fully saturated rings. The summed E-state index contributed by atoms with van der Waals surface area (Å²) in [5, 5.41) is 0. The zero-order chi connectivity index (χ0) is 10.6. The average Bonchev–Trinajstić information content (AvgIpc) is 2.00. The largest absolute Gasteiger partial charge is 0.629 e. The van der Waals surface area contributed by atoms with Crippen molar-refractivity contribution < 1.29 is 18.9 Å². The predicted molar refractivity (Wildman–Crippen MR) is 58.6 cm³/mol. The van der Waals surface area contributed by atoms with Crippen LogP contribution < -0.4 is 0 Å². The highest BCUT2D eigenvalue weighted by molar-refractivity contribution is 14.1. The van der Waals surface area contributed by atoms with Crippen LogP contribution in [0.2, 0.25) is 0 Å². The Morgan fingerprint density at radius 3 is 2.29 bits per heavy atom. The van der Waals surface area contributed by atoms with E-state index in [2.05, 4.69) is 0 Å². The second-order valence-corrected chi connectivity index (χ2v) is 3.56. The van der Waals surface area contributed by atoms with Crippen molar-refractivity contribution >= 4 is 41.6 Å². The van der Waals surface area contributed by atoms with E-state index in [0.29, 0.717) is 0 Å². The monoisotopic (exact) mass is 309 g/mol. The van der Waals surface area contributed by atoms with Gasteiger partial charge < -0.3 is 9.31 Å². The lowest BCUT2D eigenvalue weighted by molar-refractivity contribution is -0.145. The van der Waals surface area contributed by atoms with E-state index in [1.807, 2.05) is 22.6 Å². The molecule has 0 atom stereocenters. The fourth-order valence-corrected chi connectivity index (χ4v) is 1.33. The summed E-state index contributed by atoms with van der Waals surface area (Å²) in [5.41, 5.74) is 0. The van der Waals surface area contributed by atoms with Crippen LogP contribution in [0.25, 0.3) is 0 Å². The van der Waals surface area contributed by atoms with Crippen LogP contribution in [0.15, 0.2) is 10.1 Å². The number of nitrogens with zero attached hydrogens (tertiary/aromatic N) is 1. The van der Waals surface area contributed by atoms with Gasteiger partial charge in [0.2, 0.25) is 0 Å². The Balaban J connectivity index is 2.65. The van der Waals surface area contributed by atoms with Gasteiger partial charge in [-0.3, -0.25) is 14.5 Å². The van der Waals surface area contributed by atoms with Crippen LogP contribution in [0.4, 0.5) is 0 Å². The minimum absolute atomic E-state index is 0.0979. The number of carbonyl (C=O) groups is 2. The molecule has 1 aliphatic heterocycles. The molecular weight excluding hydrogens is 300 g/mol. The summed E-state index contributed by atoms with van der Waals surface area (Å²) >= 11 is 1.96. The molecule has 7 heteroatoms. The Morgan fingerprint density at radius 1 is 1.36 bits per heavy atom. The normalized spacial score (nSPS) is 20.3. The van der Waals surface area contributed by atoms with Gasteiger partial charge in [0.05, 0.1) is 13.1 Å². The van der Waals surface area contributed by atoms with Crippen molar-refractivity contribution in [3.8, 4) is 0 Å². The minimum atomic E-state index is -0.888. The molecule has 0 spiro atoms. The Morgan fingerprint density at radius 2 is 1.86 bits per heavy atom. The second kappa shape index (κ2) is 5.35. The zero-order valence-corrected chi connectivity index (χ0v) is 9.76. The zero-order valence-electron chi connectivity index (χ0n) is 7.60. The highest BCUT2D eigenvalue weighted by atomic mass is 127. The van der Waals surface area contributed by atoms with Gasteiger partial charge in [0, 0.05) is 0 Å². The molecule has 0 unspecified atom stereocenters. The number of rotatable bonds is 1. The number of hydrogen-bond donors (Lipinski definition) is 0. The quantitative estimate of drug-likeness (QED) is 0.504. The third-order valence-electron chi connectivity index (χ3n) is 1.52. The van der Waals surface area contributed by atoms with E-state index >= 15 is 0 Å². The lowest BCUT2D eigenvalue weighted by Gasteiger charge is -2.20. The first-order valence-electron chi connectivity index (χ1n) is 3.96. The summed E-state index contributed by atoms with van der Waals surface area (Å²) in [6.45, 7) is 0.196. The summed E-state index contributed by atoms with van der Waals surface area (Å²) in [6.07, 6.45) is 0. The third kappa shape index (κ3) is 3.66. The van der Waals surface area contributed by atoms with E-state index in [-0.39, 0.29) is 13.1 Å². The van der Waals surface area contributed by atoms with Gasteiger partial charge in [0.25, 0.3) is 0 Å². The van der Waals surface area contributed by atoms with Gasteiger partial charge >= 0.3 is 19.1 Å². The molecule has 0 aromatic heterocycles. The van der Waals surface area contributed by atoms with Crippen molar-refractivity contribution in [1.29, 1.82) is 0 Å². The maximum absolute atomic E-state index is 11.1. The second-order valence-electron chi connectivity index (χ2n) is 2.84. The fourth-order valence-electron chi connectivity index (χ4n) is 0.992. The van der Waals surface area contributed by atoms with Crippen LogP contribution in [0, 0.1) is 0 Å². The number of likely N-dealkylation sites (N-methyl/N-ethyl adjacent to an activating group) is 1. The molecule has 0 bridgehead atoms. The first-order valence-corrected chi connectivity index (χ1v) is 5.21. The molecule has 0 aromatic carbocycles. The number of carbonyl (C=O) groups excluding carboxylic acids is 2. The Kier molecular flexibility index (Phi) is 4.40. The average molecular weight is 309 g/mol. The summed E-state index contributed by atoms with van der Waals surface area (Å²) in [6, 6.07) is 0. The van der Waals surface area contributed by atoms with E-state index in [1.165, 1.54) is 10.9 Å². The number of hydrogen-bond acceptors (Lipinski definition) is 5. The molecule has 1 rings (SSSR count). The van der Waals surface area contributed by atoms with Crippen molar-refractivity contribution in [2.75, 3.05) is 20.1 Å². The standard InChI is InChI=1S/C7H9BINO4/c1-10-4-6(11)13-8(2-3-9)14-7(12)5-10/h2-3H,4-5H2,1H3. The van der Waals surface area contributed by atoms with E-state index in [4.69, 9.17) is 9.31 Å². The summed E-state index contributed by atoms with van der Waals surface area (Å²) in [5.74, 6) is 0.695. The predicted octanol–water partition coefficient (Wildman–Crippen LogP) is -0.00570. The smallest absolute Gasteiger partial charge is 0.495 e. The molecule has 0 saturated carbocycles. The number of halogens is 1. The molecule has 0 aliphatic carbocycles. The highest BCUT2D eigenvalue weighted by Gasteiger charge is 2.28. The van der Waals surface area contributed by atoms with Crippen molar-refractivity contribution in [3.05, 3.63) is 10.1 Å². The first kappa shape index (κ1) is 11.5. The molecule has 5 nitrogen and oxygen atoms in total. The summed E-state index contributed by atoms with van der Waals surface area (Å²) < 4.78 is 11.3. The van der Waals surface area contributed by atoms with E-state index in [9.17, 15) is 9.59 Å². The summed E-state index contributed by atoms with van der Waals surface area (Å²) in [7, 11) is 0.761. The SMILES string of the molecule is CN1CC(=O)OB(C=CI)OC(=O)C1. The molecule has 0 amide bonds. The summed E-state index contributed by atoms with van der Waals surface area (Å²) in [4.78, 5) is 23.8. The van der Waals surface area contributed by atoms with Crippen LogP contribution in [-0.4, -0.2) is 44.1 Å². The Hall–Kier alpha value is -0.565. The fraction of sp³-hybridized carbons (Fsp3) is 0.429. The van der Waals surface area contributed by atoms with Crippen LogP contribution >= 0.6 is 22.6 Å². The molecule has 76 valence electrons. The van der Waals surface area contributed by atoms with Gasteiger partial charge in [-0.05, 0) is 17.1 Å². The van der Waals surface area contributed by atoms with Crippen molar-refractivity contribution in [1.82, 2.24) is 4.90 Å². The Labute approximate surface area is 95.7 Å². The molecule has 14 heavy (non-hydrogen) atoms. The highest BCUT2D eigenvalue weighted by Crippen LogP contribution is 2.02. The van der Waals surface area contributed by atoms with Crippen LogP contribution in [-0.2, 0) is 18.9 Å². The third-order valence-corrected chi connectivity index (χ3v) is 1.94.